The number of pyridine rings is 1. The van der Waals surface area contributed by atoms with Crippen molar-refractivity contribution >= 4 is 45.8 Å². The Morgan fingerprint density at radius 1 is 1.06 bits per heavy atom. The predicted molar refractivity (Wildman–Crippen MR) is 253 cm³/mol. The Morgan fingerprint density at radius 2 is 1.88 bits per heavy atom. The number of nitrogens with zero attached hydrogens (tertiary/aromatic N) is 7. The van der Waals surface area contributed by atoms with Crippen LogP contribution in [-0.4, -0.2) is 137 Å². The quantitative estimate of drug-likeness (QED) is 0.203. The molecule has 1 aromatic carbocycles. The molecule has 65 heavy (non-hydrogen) atoms. The van der Waals surface area contributed by atoms with E-state index < -0.39 is 23.5 Å². The maximum absolute atomic E-state index is 14.4. The SMILES string of the molecule is CCn1c(-c2cc(N3CCN4CCCC[C@@H]4C3)cnc2[C@H](C)OC)c2c3cc(ccc31)-c1csc(n1)C[C@H](NC(=O)N1[C@@H](C)COC[C@@H]1C)C(=O)N1CCC[C@H](N1)C(=O)OCC(C)(C)C2. The summed E-state index contributed by atoms with van der Waals surface area (Å²) in [6.45, 7) is 18.8. The molecule has 8 heterocycles. The summed E-state index contributed by atoms with van der Waals surface area (Å²) in [5.74, 6) is -0.721. The van der Waals surface area contributed by atoms with Gasteiger partial charge in [-0.3, -0.25) is 24.5 Å². The van der Waals surface area contributed by atoms with Crippen LogP contribution in [0.2, 0.25) is 0 Å². The lowest BCUT2D eigenvalue weighted by Gasteiger charge is -2.45. The van der Waals surface area contributed by atoms with E-state index in [1.807, 2.05) is 25.4 Å². The number of morpholine rings is 1. The van der Waals surface area contributed by atoms with Gasteiger partial charge in [0.05, 0.1) is 72.0 Å². The number of amides is 3. The molecule has 4 aromatic rings. The molecule has 0 aliphatic carbocycles. The number of nitrogens with one attached hydrogen (secondary N) is 2. The van der Waals surface area contributed by atoms with Crippen LogP contribution >= 0.6 is 11.3 Å². The molecule has 6 bridgehead atoms. The number of carbonyl (C=O) groups is 3. The number of anilines is 1. The number of cyclic esters (lactones) is 1. The average Bonchev–Trinajstić information content (AvgIpc) is 3.91. The number of piperazine rings is 1. The third-order valence-corrected chi connectivity index (χ3v) is 15.2. The summed E-state index contributed by atoms with van der Waals surface area (Å²) in [4.78, 5) is 59.7. The normalized spacial score (nSPS) is 26.1. The molecular weight excluding hydrogens is 843 g/mol. The fourth-order valence-corrected chi connectivity index (χ4v) is 11.6. The third kappa shape index (κ3) is 9.25. The van der Waals surface area contributed by atoms with Crippen LogP contribution in [0.15, 0.2) is 35.8 Å². The van der Waals surface area contributed by atoms with Crippen LogP contribution in [-0.2, 0) is 43.2 Å². The monoisotopic (exact) mass is 909 g/mol. The van der Waals surface area contributed by atoms with Crippen LogP contribution in [0.3, 0.4) is 0 Å². The third-order valence-electron chi connectivity index (χ3n) is 14.3. The van der Waals surface area contributed by atoms with Crippen LogP contribution in [0.4, 0.5) is 10.5 Å². The Bertz CT molecular complexity index is 2390. The molecule has 350 valence electrons. The van der Waals surface area contributed by atoms with Crippen molar-refractivity contribution in [3.63, 3.8) is 0 Å². The Kier molecular flexibility index (Phi) is 13.3. The molecule has 5 aliphatic heterocycles. The molecule has 4 saturated heterocycles. The number of hydrogen-bond donors (Lipinski definition) is 2. The van der Waals surface area contributed by atoms with Crippen molar-refractivity contribution < 1.29 is 28.6 Å². The molecular formula is C49H67N9O6S. The van der Waals surface area contributed by atoms with E-state index in [9.17, 15) is 14.4 Å². The van der Waals surface area contributed by atoms with Crippen molar-refractivity contribution in [2.24, 2.45) is 5.41 Å². The van der Waals surface area contributed by atoms with E-state index in [1.165, 1.54) is 42.2 Å². The first kappa shape index (κ1) is 45.5. The molecule has 3 amide bonds. The average molecular weight is 910 g/mol. The summed E-state index contributed by atoms with van der Waals surface area (Å²) in [5, 5.41) is 8.43. The van der Waals surface area contributed by atoms with E-state index in [0.717, 1.165) is 81.5 Å². The Hall–Kier alpha value is -4.61. The molecule has 9 rings (SSSR count). The van der Waals surface area contributed by atoms with Gasteiger partial charge in [-0.05, 0) is 90.1 Å². The van der Waals surface area contributed by atoms with E-state index in [-0.39, 0.29) is 43.2 Å². The second kappa shape index (κ2) is 18.9. The van der Waals surface area contributed by atoms with Gasteiger partial charge in [0.2, 0.25) is 0 Å². The number of benzene rings is 1. The van der Waals surface area contributed by atoms with Crippen LogP contribution in [0, 0.1) is 5.41 Å². The highest BCUT2D eigenvalue weighted by atomic mass is 32.1. The van der Waals surface area contributed by atoms with E-state index in [2.05, 4.69) is 77.1 Å². The topological polar surface area (TPSA) is 147 Å². The van der Waals surface area contributed by atoms with Crippen molar-refractivity contribution in [2.75, 3.05) is 64.6 Å². The van der Waals surface area contributed by atoms with E-state index in [1.54, 1.807) is 12.0 Å². The fourth-order valence-electron chi connectivity index (χ4n) is 10.8. The lowest BCUT2D eigenvalue weighted by Crippen LogP contribution is -2.63. The van der Waals surface area contributed by atoms with Gasteiger partial charge in [0.25, 0.3) is 5.91 Å². The van der Waals surface area contributed by atoms with Gasteiger partial charge in [-0.2, -0.15) is 0 Å². The highest BCUT2D eigenvalue weighted by Crippen LogP contribution is 2.43. The van der Waals surface area contributed by atoms with Crippen molar-refractivity contribution in [1.29, 1.82) is 0 Å². The zero-order chi connectivity index (χ0) is 45.6. The predicted octanol–water partition coefficient (Wildman–Crippen LogP) is 6.58. The molecule has 0 saturated carbocycles. The van der Waals surface area contributed by atoms with Gasteiger partial charge >= 0.3 is 12.0 Å². The lowest BCUT2D eigenvalue weighted by molar-refractivity contribution is -0.155. The number of thiazole rings is 1. The van der Waals surface area contributed by atoms with Crippen molar-refractivity contribution in [3.8, 4) is 22.5 Å². The first-order valence-electron chi connectivity index (χ1n) is 23.8. The molecule has 4 fully saturated rings. The second-order valence-corrected chi connectivity index (χ2v) is 20.6. The zero-order valence-corrected chi connectivity index (χ0v) is 40.0. The number of rotatable bonds is 6. The maximum atomic E-state index is 14.4. The van der Waals surface area contributed by atoms with Crippen LogP contribution in [0.1, 0.15) is 96.0 Å². The summed E-state index contributed by atoms with van der Waals surface area (Å²) < 4.78 is 20.3. The Morgan fingerprint density at radius 3 is 2.66 bits per heavy atom. The first-order chi connectivity index (χ1) is 31.3. The Balaban J connectivity index is 1.14. The summed E-state index contributed by atoms with van der Waals surface area (Å²) in [6.07, 6.45) is 7.49. The van der Waals surface area contributed by atoms with Gasteiger partial charge in [-0.1, -0.05) is 26.3 Å². The highest BCUT2D eigenvalue weighted by molar-refractivity contribution is 7.10. The lowest BCUT2D eigenvalue weighted by atomic mass is 9.84. The zero-order valence-electron chi connectivity index (χ0n) is 39.2. The highest BCUT2D eigenvalue weighted by Gasteiger charge is 2.38. The minimum absolute atomic E-state index is 0.161. The summed E-state index contributed by atoms with van der Waals surface area (Å²) in [7, 11) is 1.74. The minimum atomic E-state index is -0.932. The summed E-state index contributed by atoms with van der Waals surface area (Å²) in [5.41, 5.74) is 10.9. The van der Waals surface area contributed by atoms with Gasteiger partial charge in [0.1, 0.15) is 12.1 Å². The second-order valence-electron chi connectivity index (χ2n) is 19.7. The van der Waals surface area contributed by atoms with Gasteiger partial charge in [0, 0.05) is 85.1 Å². The summed E-state index contributed by atoms with van der Waals surface area (Å²) in [6, 6.07) is 7.17. The Labute approximate surface area is 387 Å². The number of fused-ring (bicyclic) bond motifs is 7. The minimum Gasteiger partial charge on any atom is -0.464 e. The number of piperidine rings is 1. The first-order valence-corrected chi connectivity index (χ1v) is 24.7. The molecule has 5 aliphatic rings. The molecule has 0 radical (unpaired) electrons. The number of esters is 1. The number of urea groups is 1. The van der Waals surface area contributed by atoms with Gasteiger partial charge in [-0.15, -0.1) is 11.3 Å². The smallest absolute Gasteiger partial charge is 0.324 e. The number of hydrazine groups is 1. The van der Waals surface area contributed by atoms with Crippen LogP contribution < -0.4 is 15.6 Å². The fraction of sp³-hybridized carbons (Fsp3) is 0.612. The summed E-state index contributed by atoms with van der Waals surface area (Å²) >= 11 is 1.48. The molecule has 16 heteroatoms. The van der Waals surface area contributed by atoms with Crippen molar-refractivity contribution in [1.82, 2.24) is 40.1 Å². The van der Waals surface area contributed by atoms with Gasteiger partial charge in [-0.25, -0.2) is 15.2 Å². The van der Waals surface area contributed by atoms with Gasteiger partial charge < -0.3 is 33.9 Å². The molecule has 3 aromatic heterocycles. The molecule has 0 spiro atoms. The van der Waals surface area contributed by atoms with E-state index in [0.29, 0.717) is 45.1 Å². The van der Waals surface area contributed by atoms with Crippen LogP contribution in [0.25, 0.3) is 33.4 Å². The van der Waals surface area contributed by atoms with Crippen LogP contribution in [0.5, 0.6) is 0 Å². The van der Waals surface area contributed by atoms with E-state index in [4.69, 9.17) is 24.2 Å². The van der Waals surface area contributed by atoms with Gasteiger partial charge in [0.15, 0.2) is 0 Å². The van der Waals surface area contributed by atoms with Crippen molar-refractivity contribution in [2.45, 2.75) is 129 Å². The van der Waals surface area contributed by atoms with E-state index >= 15 is 0 Å². The molecule has 6 atom stereocenters. The number of carbonyl (C=O) groups excluding carboxylic acids is 3. The number of aromatic nitrogens is 3. The van der Waals surface area contributed by atoms with Crippen molar-refractivity contribution in [3.05, 3.63) is 52.1 Å². The number of aryl methyl sites for hydroxylation is 1. The maximum Gasteiger partial charge on any atom is 0.324 e. The molecule has 2 N–H and O–H groups in total. The largest absolute Gasteiger partial charge is 0.464 e. The number of methoxy groups -OCH3 is 1. The standard InChI is InChI=1S/C49H67N9O6S/c1-8-56-42-15-14-33-20-36(42)38(45(56)37-21-35(24-50-44(37)32(4)62-7)55-19-18-54-16-10-9-12-34(54)25-55)23-49(5,6)29-64-47(60)39-13-11-17-57(53-39)46(59)40(22-43-51-41(33)28-65-43)52-48(61)58-30(2)26-63-27-31(58)3/h14-15,20-21,24,28,30-32,34,39-40,53H,8-13,16-19,22-23,25-27,29H2,1-7H3,(H,52,61)/t30-,31-,32-,34+,39-,40-/m0/s1. The number of hydrogen-bond acceptors (Lipinski definition) is 12. The number of ether oxygens (including phenoxy) is 3. The molecule has 15 nitrogen and oxygen atoms in total. The molecule has 0 unspecified atom stereocenters.